The molecule has 2 aromatic rings. The first-order valence-electron chi connectivity index (χ1n) is 10.3. The van der Waals surface area contributed by atoms with Gasteiger partial charge in [-0.3, -0.25) is 4.79 Å². The maximum Gasteiger partial charge on any atom is 0.308 e. The Morgan fingerprint density at radius 3 is 2.83 bits per heavy atom. The zero-order valence-electron chi connectivity index (χ0n) is 17.3. The van der Waals surface area contributed by atoms with E-state index in [1.54, 1.807) is 11.6 Å². The highest BCUT2D eigenvalue weighted by Crippen LogP contribution is 2.36. The lowest BCUT2D eigenvalue weighted by molar-refractivity contribution is -0.156. The van der Waals surface area contributed by atoms with Gasteiger partial charge in [0.25, 0.3) is 0 Å². The zero-order chi connectivity index (χ0) is 21.6. The Morgan fingerprint density at radius 1 is 1.33 bits per heavy atom. The van der Waals surface area contributed by atoms with Crippen LogP contribution in [0, 0.1) is 11.8 Å². The number of anilines is 1. The van der Waals surface area contributed by atoms with Crippen molar-refractivity contribution in [2.24, 2.45) is 0 Å². The van der Waals surface area contributed by atoms with Crippen molar-refractivity contribution in [3.8, 4) is 6.57 Å². The predicted octanol–water partition coefficient (Wildman–Crippen LogP) is 2.95. The lowest BCUT2D eigenvalue weighted by Gasteiger charge is -2.35. The minimum atomic E-state index is -0.348. The van der Waals surface area contributed by atoms with Gasteiger partial charge in [0.05, 0.1) is 23.8 Å². The number of aromatic nitrogens is 3. The van der Waals surface area contributed by atoms with E-state index in [9.17, 15) is 4.79 Å². The average Bonchev–Trinajstić information content (AvgIpc) is 3.42. The molecule has 1 aliphatic carbocycles. The number of fused-ring (bicyclic) bond motifs is 1. The molecule has 0 amide bonds. The van der Waals surface area contributed by atoms with Gasteiger partial charge in [-0.05, 0) is 37.8 Å². The van der Waals surface area contributed by atoms with Crippen LogP contribution >= 0.6 is 0 Å². The fraction of sp³-hybridized carbons (Fsp3) is 0.619. The number of nitrogens with zero attached hydrogens (tertiary/aromatic N) is 4. The van der Waals surface area contributed by atoms with Crippen LogP contribution in [0.25, 0.3) is 5.52 Å². The summed E-state index contributed by atoms with van der Waals surface area (Å²) in [5.41, 5.74) is 7.26. The van der Waals surface area contributed by atoms with Crippen molar-refractivity contribution in [2.75, 3.05) is 19.5 Å². The normalized spacial score (nSPS) is 22.9. The Kier molecular flexibility index (Phi) is 7.24. The van der Waals surface area contributed by atoms with Gasteiger partial charge in [0.15, 0.2) is 5.82 Å². The number of ether oxygens (including phenoxy) is 3. The summed E-state index contributed by atoms with van der Waals surface area (Å²) in [4.78, 5) is 16.4. The number of nitriles is 1. The molecule has 0 spiro atoms. The first kappa shape index (κ1) is 22.0. The number of esters is 1. The molecule has 1 saturated carbocycles. The molecule has 30 heavy (non-hydrogen) atoms. The topological polar surface area (TPSA) is 125 Å². The van der Waals surface area contributed by atoms with Crippen LogP contribution < -0.4 is 5.73 Å². The maximum absolute atomic E-state index is 12.4. The van der Waals surface area contributed by atoms with Gasteiger partial charge in [-0.25, -0.2) is 14.8 Å². The third kappa shape index (κ3) is 4.71. The molecular weight excluding hydrogens is 386 g/mol. The lowest BCUT2D eigenvalue weighted by Crippen LogP contribution is -2.37. The molecule has 1 saturated heterocycles. The number of nitrogen functional groups attached to an aromatic ring is 1. The van der Waals surface area contributed by atoms with Crippen molar-refractivity contribution in [2.45, 2.75) is 69.2 Å². The van der Waals surface area contributed by atoms with E-state index in [1.165, 1.54) is 12.7 Å². The second kappa shape index (κ2) is 9.87. The summed E-state index contributed by atoms with van der Waals surface area (Å²) in [7, 11) is 1.70. The number of methoxy groups -OCH3 is 1. The smallest absolute Gasteiger partial charge is 0.308 e. The summed E-state index contributed by atoms with van der Waals surface area (Å²) in [6, 6.07) is 3.86. The van der Waals surface area contributed by atoms with Gasteiger partial charge in [-0.1, -0.05) is 19.3 Å². The van der Waals surface area contributed by atoms with Crippen molar-refractivity contribution >= 4 is 17.3 Å². The van der Waals surface area contributed by atoms with Crippen molar-refractivity contribution in [3.05, 3.63) is 24.2 Å². The molecule has 0 aromatic carbocycles. The van der Waals surface area contributed by atoms with Gasteiger partial charge in [0.1, 0.15) is 24.6 Å². The van der Waals surface area contributed by atoms with Gasteiger partial charge in [0, 0.05) is 13.7 Å². The Hall–Kier alpha value is -2.70. The molecule has 3 heterocycles. The van der Waals surface area contributed by atoms with E-state index >= 15 is 0 Å². The molecule has 1 aliphatic heterocycles. The summed E-state index contributed by atoms with van der Waals surface area (Å²) < 4.78 is 19.1. The standard InChI is InChI=1S/C20H28N4O4.CHN/c1-26-20(9-3-2-4-10-20)11-18(25)27-12-14-5-8-17(28-14)15-6-7-16-19(21)22-13-23-24(15)16;1-2/h6-7,13-14,17H,2-5,8-12H2,1H3,(H2,21,22,23);1H. The molecule has 2 atom stereocenters. The van der Waals surface area contributed by atoms with Gasteiger partial charge in [-0.2, -0.15) is 5.10 Å². The first-order valence-corrected chi connectivity index (χ1v) is 10.3. The second-order valence-corrected chi connectivity index (χ2v) is 7.83. The van der Waals surface area contributed by atoms with Crippen molar-refractivity contribution in [1.29, 1.82) is 5.26 Å². The monoisotopic (exact) mass is 415 g/mol. The van der Waals surface area contributed by atoms with E-state index < -0.39 is 0 Å². The minimum absolute atomic E-state index is 0.0934. The van der Waals surface area contributed by atoms with Crippen LogP contribution in [0.3, 0.4) is 0 Å². The Bertz CT molecular complexity index is 875. The Morgan fingerprint density at radius 2 is 2.10 bits per heavy atom. The number of carbonyl (C=O) groups is 1. The molecule has 2 aromatic heterocycles. The van der Waals surface area contributed by atoms with Crippen LogP contribution in [-0.2, 0) is 19.0 Å². The lowest BCUT2D eigenvalue weighted by atomic mass is 9.82. The largest absolute Gasteiger partial charge is 0.463 e. The van der Waals surface area contributed by atoms with Crippen molar-refractivity contribution < 1.29 is 19.0 Å². The van der Waals surface area contributed by atoms with E-state index in [0.717, 1.165) is 49.7 Å². The molecule has 162 valence electrons. The van der Waals surface area contributed by atoms with Crippen molar-refractivity contribution in [1.82, 2.24) is 14.6 Å². The van der Waals surface area contributed by atoms with Crippen molar-refractivity contribution in [3.63, 3.8) is 0 Å². The van der Waals surface area contributed by atoms with Crippen LogP contribution in [0.4, 0.5) is 5.82 Å². The Labute approximate surface area is 176 Å². The zero-order valence-corrected chi connectivity index (χ0v) is 17.3. The third-order valence-electron chi connectivity index (χ3n) is 6.04. The number of rotatable bonds is 6. The van der Waals surface area contributed by atoms with Crippen LogP contribution in [0.1, 0.15) is 63.2 Å². The molecule has 2 N–H and O–H groups in total. The fourth-order valence-corrected chi connectivity index (χ4v) is 4.41. The van der Waals surface area contributed by atoms with Gasteiger partial charge in [0.2, 0.25) is 0 Å². The van der Waals surface area contributed by atoms with Crippen LogP contribution in [0.15, 0.2) is 18.5 Å². The van der Waals surface area contributed by atoms with Crippen LogP contribution in [0.2, 0.25) is 0 Å². The van der Waals surface area contributed by atoms with Crippen LogP contribution in [0.5, 0.6) is 0 Å². The highest BCUT2D eigenvalue weighted by molar-refractivity contribution is 5.70. The summed E-state index contributed by atoms with van der Waals surface area (Å²) in [5.74, 6) is 0.240. The molecule has 4 rings (SSSR count). The molecule has 2 unspecified atom stereocenters. The number of hydrogen-bond acceptors (Lipinski definition) is 8. The van der Waals surface area contributed by atoms with Gasteiger partial charge >= 0.3 is 5.97 Å². The molecule has 0 bridgehead atoms. The van der Waals surface area contributed by atoms with E-state index in [0.29, 0.717) is 12.2 Å². The van der Waals surface area contributed by atoms with E-state index in [1.807, 2.05) is 12.1 Å². The number of hydrogen-bond donors (Lipinski definition) is 1. The van der Waals surface area contributed by atoms with E-state index in [4.69, 9.17) is 25.2 Å². The van der Waals surface area contributed by atoms with Gasteiger partial charge < -0.3 is 19.9 Å². The molecular formula is C21H29N5O4. The quantitative estimate of drug-likeness (QED) is 0.714. The summed E-state index contributed by atoms with van der Waals surface area (Å²) >= 11 is 0. The van der Waals surface area contributed by atoms with Gasteiger partial charge in [-0.15, -0.1) is 0 Å². The molecule has 0 radical (unpaired) electrons. The Balaban J connectivity index is 0.00000124. The minimum Gasteiger partial charge on any atom is -0.463 e. The van der Waals surface area contributed by atoms with E-state index in [2.05, 4.69) is 16.7 Å². The fourth-order valence-electron chi connectivity index (χ4n) is 4.41. The molecule has 9 nitrogen and oxygen atoms in total. The molecule has 2 aliphatic rings. The summed E-state index contributed by atoms with van der Waals surface area (Å²) in [6.07, 6.45) is 8.51. The summed E-state index contributed by atoms with van der Waals surface area (Å²) in [6.45, 7) is 3.77. The third-order valence-corrected chi connectivity index (χ3v) is 6.04. The highest BCUT2D eigenvalue weighted by Gasteiger charge is 2.36. The maximum atomic E-state index is 12.4. The molecule has 2 fully saturated rings. The SMILES string of the molecule is C#N.COC1(CC(=O)OCC2CCC(c3ccc4c(N)ncnn34)O2)CCCCC1. The van der Waals surface area contributed by atoms with Crippen LogP contribution in [-0.4, -0.2) is 46.0 Å². The summed E-state index contributed by atoms with van der Waals surface area (Å²) in [5, 5.41) is 10.8. The average molecular weight is 415 g/mol. The highest BCUT2D eigenvalue weighted by atomic mass is 16.6. The molecule has 9 heteroatoms. The number of nitrogens with two attached hydrogens (primary N) is 1. The first-order chi connectivity index (χ1) is 14.6. The number of carbonyl (C=O) groups excluding carboxylic acids is 1. The second-order valence-electron chi connectivity index (χ2n) is 7.83. The van der Waals surface area contributed by atoms with E-state index in [-0.39, 0.29) is 30.4 Å². The predicted molar refractivity (Wildman–Crippen MR) is 109 cm³/mol.